The third kappa shape index (κ3) is 2.55. The largest absolute Gasteiger partial charge is 0.368 e. The molecule has 1 aromatic rings. The summed E-state index contributed by atoms with van der Waals surface area (Å²) in [7, 11) is 0. The molecule has 1 aromatic carbocycles. The SMILES string of the molecule is [CH2][C@@H](C(=O)N1CCCC1)c1ccc(C2=NCCN2)cc1. The minimum atomic E-state index is -0.305. The van der Waals surface area contributed by atoms with Crippen LogP contribution in [0.25, 0.3) is 0 Å². The average molecular weight is 270 g/mol. The van der Waals surface area contributed by atoms with Gasteiger partial charge in [-0.25, -0.2) is 0 Å². The van der Waals surface area contributed by atoms with Crippen molar-refractivity contribution in [1.29, 1.82) is 0 Å². The number of hydrogen-bond acceptors (Lipinski definition) is 3. The first-order chi connectivity index (χ1) is 9.75. The average Bonchev–Trinajstić information content (AvgIpc) is 3.18. The summed E-state index contributed by atoms with van der Waals surface area (Å²) >= 11 is 0. The molecule has 2 heterocycles. The molecule has 1 N–H and O–H groups in total. The zero-order valence-corrected chi connectivity index (χ0v) is 11.6. The number of amides is 1. The van der Waals surface area contributed by atoms with E-state index < -0.39 is 0 Å². The van der Waals surface area contributed by atoms with Gasteiger partial charge in [0.2, 0.25) is 5.91 Å². The van der Waals surface area contributed by atoms with E-state index in [1.54, 1.807) is 0 Å². The molecular weight excluding hydrogens is 250 g/mol. The predicted molar refractivity (Wildman–Crippen MR) is 79.8 cm³/mol. The Morgan fingerprint density at radius 1 is 1.25 bits per heavy atom. The Morgan fingerprint density at radius 2 is 1.95 bits per heavy atom. The summed E-state index contributed by atoms with van der Waals surface area (Å²) < 4.78 is 0. The van der Waals surface area contributed by atoms with Crippen LogP contribution in [0.4, 0.5) is 0 Å². The van der Waals surface area contributed by atoms with Crippen LogP contribution in [-0.4, -0.2) is 42.8 Å². The molecule has 1 saturated heterocycles. The van der Waals surface area contributed by atoms with Gasteiger partial charge in [0, 0.05) is 25.2 Å². The van der Waals surface area contributed by atoms with Gasteiger partial charge in [-0.3, -0.25) is 9.79 Å². The zero-order valence-electron chi connectivity index (χ0n) is 11.6. The summed E-state index contributed by atoms with van der Waals surface area (Å²) in [5.41, 5.74) is 2.05. The maximum Gasteiger partial charge on any atom is 0.230 e. The third-order valence-corrected chi connectivity index (χ3v) is 3.98. The molecule has 0 bridgehead atoms. The zero-order chi connectivity index (χ0) is 13.9. The molecule has 105 valence electrons. The van der Waals surface area contributed by atoms with Gasteiger partial charge in [-0.2, -0.15) is 0 Å². The van der Waals surface area contributed by atoms with E-state index in [0.717, 1.165) is 56.0 Å². The molecule has 2 aliphatic rings. The molecule has 0 spiro atoms. The highest BCUT2D eigenvalue weighted by molar-refractivity contribution is 5.99. The number of nitrogens with one attached hydrogen (secondary N) is 1. The summed E-state index contributed by atoms with van der Waals surface area (Å²) in [6.45, 7) is 7.54. The van der Waals surface area contributed by atoms with Gasteiger partial charge in [0.25, 0.3) is 0 Å². The van der Waals surface area contributed by atoms with Crippen LogP contribution in [0.2, 0.25) is 0 Å². The van der Waals surface area contributed by atoms with Gasteiger partial charge in [-0.05, 0) is 25.3 Å². The number of hydrogen-bond donors (Lipinski definition) is 1. The van der Waals surface area contributed by atoms with Gasteiger partial charge in [0.05, 0.1) is 12.5 Å². The number of nitrogens with zero attached hydrogens (tertiary/aromatic N) is 2. The number of carbonyl (C=O) groups excluding carboxylic acids is 1. The quantitative estimate of drug-likeness (QED) is 0.906. The molecule has 2 aliphatic heterocycles. The molecular formula is C16H20N3O. The number of rotatable bonds is 3. The predicted octanol–water partition coefficient (Wildman–Crippen LogP) is 1.58. The smallest absolute Gasteiger partial charge is 0.230 e. The topological polar surface area (TPSA) is 44.7 Å². The van der Waals surface area contributed by atoms with E-state index in [1.807, 2.05) is 29.2 Å². The second-order valence-electron chi connectivity index (χ2n) is 5.36. The van der Waals surface area contributed by atoms with Crippen molar-refractivity contribution in [3.63, 3.8) is 0 Å². The van der Waals surface area contributed by atoms with Crippen LogP contribution >= 0.6 is 0 Å². The first-order valence-corrected chi connectivity index (χ1v) is 7.26. The molecule has 0 unspecified atom stereocenters. The van der Waals surface area contributed by atoms with Crippen LogP contribution in [0, 0.1) is 6.92 Å². The van der Waals surface area contributed by atoms with Crippen molar-refractivity contribution in [3.05, 3.63) is 42.3 Å². The summed E-state index contributed by atoms with van der Waals surface area (Å²) in [6, 6.07) is 8.01. The highest BCUT2D eigenvalue weighted by Gasteiger charge is 2.24. The molecule has 0 aliphatic carbocycles. The van der Waals surface area contributed by atoms with Crippen molar-refractivity contribution in [2.24, 2.45) is 4.99 Å². The lowest BCUT2D eigenvalue weighted by atomic mass is 9.98. The van der Waals surface area contributed by atoms with Crippen LogP contribution in [0.3, 0.4) is 0 Å². The lowest BCUT2D eigenvalue weighted by molar-refractivity contribution is -0.130. The maximum absolute atomic E-state index is 12.3. The van der Waals surface area contributed by atoms with E-state index in [1.165, 1.54) is 0 Å². The van der Waals surface area contributed by atoms with Crippen LogP contribution in [0.5, 0.6) is 0 Å². The number of amidine groups is 1. The number of aliphatic imine (C=N–C) groups is 1. The maximum atomic E-state index is 12.3. The summed E-state index contributed by atoms with van der Waals surface area (Å²) in [6.07, 6.45) is 2.23. The molecule has 1 amide bonds. The van der Waals surface area contributed by atoms with E-state index in [2.05, 4.69) is 17.2 Å². The van der Waals surface area contributed by atoms with E-state index in [-0.39, 0.29) is 11.8 Å². The Hall–Kier alpha value is -1.84. The van der Waals surface area contributed by atoms with Crippen molar-refractivity contribution < 1.29 is 4.79 Å². The lowest BCUT2D eigenvalue weighted by Gasteiger charge is -2.20. The van der Waals surface area contributed by atoms with E-state index in [4.69, 9.17) is 0 Å². The lowest BCUT2D eigenvalue weighted by Crippen LogP contribution is -2.31. The highest BCUT2D eigenvalue weighted by atomic mass is 16.2. The number of carbonyl (C=O) groups is 1. The molecule has 1 radical (unpaired) electrons. The summed E-state index contributed by atoms with van der Waals surface area (Å²) in [4.78, 5) is 18.6. The molecule has 20 heavy (non-hydrogen) atoms. The van der Waals surface area contributed by atoms with Gasteiger partial charge >= 0.3 is 0 Å². The van der Waals surface area contributed by atoms with Crippen LogP contribution < -0.4 is 5.32 Å². The van der Waals surface area contributed by atoms with Gasteiger partial charge in [-0.15, -0.1) is 0 Å². The van der Waals surface area contributed by atoms with Crippen LogP contribution in [-0.2, 0) is 4.79 Å². The molecule has 1 fully saturated rings. The van der Waals surface area contributed by atoms with Gasteiger partial charge < -0.3 is 10.2 Å². The minimum absolute atomic E-state index is 0.145. The Balaban J connectivity index is 1.71. The summed E-state index contributed by atoms with van der Waals surface area (Å²) in [5.74, 6) is 0.787. The van der Waals surface area contributed by atoms with E-state index in [9.17, 15) is 4.79 Å². The van der Waals surface area contributed by atoms with Gasteiger partial charge in [-0.1, -0.05) is 24.3 Å². The van der Waals surface area contributed by atoms with Crippen LogP contribution in [0.15, 0.2) is 29.3 Å². The second kappa shape index (κ2) is 5.65. The molecule has 0 saturated carbocycles. The first-order valence-electron chi connectivity index (χ1n) is 7.26. The molecule has 1 atom stereocenters. The van der Waals surface area contributed by atoms with Crippen LogP contribution in [0.1, 0.15) is 29.9 Å². The van der Waals surface area contributed by atoms with Crippen molar-refractivity contribution in [2.75, 3.05) is 26.2 Å². The fourth-order valence-corrected chi connectivity index (χ4v) is 2.77. The Kier molecular flexibility index (Phi) is 3.72. The number of likely N-dealkylation sites (tertiary alicyclic amines) is 1. The number of benzene rings is 1. The normalized spacial score (nSPS) is 19.6. The standard InChI is InChI=1S/C16H20N3O/c1-12(16(20)19-10-2-3-11-19)13-4-6-14(7-5-13)15-17-8-9-18-15/h4-7,12H,1-3,8-11H2,(H,17,18)/t12-/m1/s1. The molecule has 3 rings (SSSR count). The molecule has 4 heteroatoms. The molecule has 4 nitrogen and oxygen atoms in total. The highest BCUT2D eigenvalue weighted by Crippen LogP contribution is 2.21. The van der Waals surface area contributed by atoms with Crippen molar-refractivity contribution >= 4 is 11.7 Å². The Labute approximate surface area is 119 Å². The Bertz CT molecular complexity index is 515. The van der Waals surface area contributed by atoms with Crippen molar-refractivity contribution in [1.82, 2.24) is 10.2 Å². The molecule has 0 aromatic heterocycles. The van der Waals surface area contributed by atoms with Gasteiger partial charge in [0.15, 0.2) is 0 Å². The van der Waals surface area contributed by atoms with Crippen molar-refractivity contribution in [2.45, 2.75) is 18.8 Å². The monoisotopic (exact) mass is 270 g/mol. The van der Waals surface area contributed by atoms with Crippen molar-refractivity contribution in [3.8, 4) is 0 Å². The Morgan fingerprint density at radius 3 is 2.55 bits per heavy atom. The van der Waals surface area contributed by atoms with E-state index in [0.29, 0.717) is 0 Å². The fraction of sp³-hybridized carbons (Fsp3) is 0.438. The van der Waals surface area contributed by atoms with E-state index >= 15 is 0 Å². The third-order valence-electron chi connectivity index (χ3n) is 3.98. The summed E-state index contributed by atoms with van der Waals surface area (Å²) in [5, 5.41) is 3.25. The van der Waals surface area contributed by atoms with Gasteiger partial charge in [0.1, 0.15) is 5.84 Å². The minimum Gasteiger partial charge on any atom is -0.368 e. The fourth-order valence-electron chi connectivity index (χ4n) is 2.77. The second-order valence-corrected chi connectivity index (χ2v) is 5.36. The first kappa shape index (κ1) is 13.2.